The molecule has 0 aliphatic heterocycles. The summed E-state index contributed by atoms with van der Waals surface area (Å²) in [5, 5.41) is 0.361. The lowest BCUT2D eigenvalue weighted by Gasteiger charge is -2.22. The Labute approximate surface area is 153 Å². The van der Waals surface area contributed by atoms with E-state index in [2.05, 4.69) is 0 Å². The summed E-state index contributed by atoms with van der Waals surface area (Å²) in [7, 11) is -7.36. The first-order valence-corrected chi connectivity index (χ1v) is 11.5. The van der Waals surface area contributed by atoms with Crippen LogP contribution in [-0.2, 0) is 19.7 Å². The van der Waals surface area contributed by atoms with Crippen molar-refractivity contribution < 1.29 is 16.8 Å². The largest absolute Gasteiger partial charge is 0.223 e. The van der Waals surface area contributed by atoms with Gasteiger partial charge in [-0.3, -0.25) is 0 Å². The van der Waals surface area contributed by atoms with Crippen molar-refractivity contribution in [1.29, 1.82) is 0 Å². The number of sulfone groups is 2. The topological polar surface area (TPSA) is 68.3 Å². The van der Waals surface area contributed by atoms with Crippen LogP contribution in [-0.4, -0.2) is 22.1 Å². The molecule has 3 atom stereocenters. The maximum atomic E-state index is 13.2. The minimum atomic E-state index is -3.70. The summed E-state index contributed by atoms with van der Waals surface area (Å²) in [6.07, 6.45) is 4.48. The van der Waals surface area contributed by atoms with Gasteiger partial charge in [-0.05, 0) is 42.2 Å². The summed E-state index contributed by atoms with van der Waals surface area (Å²) in [6, 6.07) is 16.4. The maximum absolute atomic E-state index is 13.2. The summed E-state index contributed by atoms with van der Waals surface area (Å²) >= 11 is 0. The van der Waals surface area contributed by atoms with E-state index in [0.29, 0.717) is 12.0 Å². The van der Waals surface area contributed by atoms with Crippen molar-refractivity contribution in [2.24, 2.45) is 11.8 Å². The monoisotopic (exact) mass is 386 g/mol. The fraction of sp³-hybridized carbons (Fsp3) is 0.200. The van der Waals surface area contributed by atoms with E-state index in [9.17, 15) is 16.8 Å². The van der Waals surface area contributed by atoms with Crippen LogP contribution < -0.4 is 0 Å². The molecule has 0 spiro atoms. The van der Waals surface area contributed by atoms with Crippen molar-refractivity contribution in [2.45, 2.75) is 21.5 Å². The van der Waals surface area contributed by atoms with Crippen LogP contribution in [0.15, 0.2) is 93.6 Å². The zero-order chi connectivity index (χ0) is 18.4. The minimum Gasteiger partial charge on any atom is -0.223 e. The molecule has 2 bridgehead atoms. The van der Waals surface area contributed by atoms with Gasteiger partial charge in [0.2, 0.25) is 0 Å². The van der Waals surface area contributed by atoms with Crippen molar-refractivity contribution in [2.75, 3.05) is 0 Å². The van der Waals surface area contributed by atoms with Crippen molar-refractivity contribution in [3.8, 4) is 0 Å². The smallest absolute Gasteiger partial charge is 0.199 e. The first kappa shape index (κ1) is 17.2. The van der Waals surface area contributed by atoms with Crippen LogP contribution in [0, 0.1) is 11.8 Å². The Bertz CT molecular complexity index is 1080. The molecule has 134 valence electrons. The minimum absolute atomic E-state index is 0.137. The van der Waals surface area contributed by atoms with E-state index in [4.69, 9.17) is 0 Å². The highest BCUT2D eigenvalue weighted by Crippen LogP contribution is 2.48. The lowest BCUT2D eigenvalue weighted by molar-refractivity contribution is 0.573. The van der Waals surface area contributed by atoms with Crippen molar-refractivity contribution in [3.05, 3.63) is 83.8 Å². The van der Waals surface area contributed by atoms with E-state index < -0.39 is 24.9 Å². The molecule has 0 saturated heterocycles. The number of fused-ring (bicyclic) bond motifs is 2. The summed E-state index contributed by atoms with van der Waals surface area (Å²) in [4.78, 5) is 0.407. The summed E-state index contributed by atoms with van der Waals surface area (Å²) in [5.41, 5.74) is 0.477. The Morgan fingerprint density at radius 2 is 1.35 bits per heavy atom. The Morgan fingerprint density at radius 1 is 0.769 bits per heavy atom. The second-order valence-corrected chi connectivity index (χ2v) is 10.5. The van der Waals surface area contributed by atoms with E-state index in [-0.39, 0.29) is 21.6 Å². The fourth-order valence-electron chi connectivity index (χ4n) is 3.83. The lowest BCUT2D eigenvalue weighted by atomic mass is 10.0. The average molecular weight is 386 g/mol. The molecule has 0 heterocycles. The Morgan fingerprint density at radius 3 is 1.96 bits per heavy atom. The van der Waals surface area contributed by atoms with Crippen molar-refractivity contribution in [3.63, 3.8) is 0 Å². The standard InChI is InChI=1S/C20H18O4S2/c21-25(22,17-7-3-1-4-8-17)14-19-15-11-12-16(13-15)20(19)26(23,24)18-9-5-2-6-10-18/h1-12,14-16,20H,13H2/b19-14+/t15-,16+,20+/m1/s1. The van der Waals surface area contributed by atoms with E-state index in [1.165, 1.54) is 17.5 Å². The molecule has 0 amide bonds. The molecule has 2 aromatic rings. The molecule has 2 aliphatic rings. The van der Waals surface area contributed by atoms with Gasteiger partial charge in [-0.2, -0.15) is 0 Å². The van der Waals surface area contributed by atoms with Gasteiger partial charge in [0.05, 0.1) is 15.0 Å². The van der Waals surface area contributed by atoms with Crippen LogP contribution in [0.4, 0.5) is 0 Å². The molecule has 2 aliphatic carbocycles. The molecule has 2 aromatic carbocycles. The predicted molar refractivity (Wildman–Crippen MR) is 99.9 cm³/mol. The Hall–Kier alpha value is -2.18. The number of benzene rings is 2. The quantitative estimate of drug-likeness (QED) is 0.756. The van der Waals surface area contributed by atoms with Gasteiger partial charge in [-0.25, -0.2) is 16.8 Å². The zero-order valence-corrected chi connectivity index (χ0v) is 15.5. The second kappa shape index (κ2) is 6.21. The SMILES string of the molecule is O=S(=O)(/C=C1\[C@@H]2C=C[C@@H](C2)[C@@H]1S(=O)(=O)c1ccccc1)c1ccccc1. The highest BCUT2D eigenvalue weighted by molar-refractivity contribution is 7.94. The molecule has 0 radical (unpaired) electrons. The molecule has 0 aromatic heterocycles. The van der Waals surface area contributed by atoms with Gasteiger partial charge < -0.3 is 0 Å². The molecule has 26 heavy (non-hydrogen) atoms. The summed E-state index contributed by atoms with van der Waals surface area (Å²) in [5.74, 6) is -0.315. The Kier molecular flexibility index (Phi) is 4.12. The number of hydrogen-bond acceptors (Lipinski definition) is 4. The Balaban J connectivity index is 1.82. The second-order valence-electron chi connectivity index (χ2n) is 6.65. The van der Waals surface area contributed by atoms with Crippen molar-refractivity contribution in [1.82, 2.24) is 0 Å². The van der Waals surface area contributed by atoms with Crippen LogP contribution in [0.25, 0.3) is 0 Å². The van der Waals surface area contributed by atoms with Gasteiger partial charge in [0.15, 0.2) is 19.7 Å². The van der Waals surface area contributed by atoms with Gasteiger partial charge in [0, 0.05) is 11.3 Å². The summed E-state index contributed by atoms with van der Waals surface area (Å²) in [6.45, 7) is 0. The molecular formula is C20H18O4S2. The van der Waals surface area contributed by atoms with Gasteiger partial charge in [0.25, 0.3) is 0 Å². The van der Waals surface area contributed by atoms with Crippen LogP contribution in [0.3, 0.4) is 0 Å². The van der Waals surface area contributed by atoms with Gasteiger partial charge in [-0.1, -0.05) is 48.6 Å². The highest BCUT2D eigenvalue weighted by Gasteiger charge is 2.48. The van der Waals surface area contributed by atoms with Gasteiger partial charge in [0.1, 0.15) is 0 Å². The third-order valence-corrected chi connectivity index (χ3v) is 8.76. The summed E-state index contributed by atoms with van der Waals surface area (Å²) < 4.78 is 51.9. The van der Waals surface area contributed by atoms with Crippen LogP contribution >= 0.6 is 0 Å². The van der Waals surface area contributed by atoms with Gasteiger partial charge >= 0.3 is 0 Å². The van der Waals surface area contributed by atoms with E-state index >= 15 is 0 Å². The van der Waals surface area contributed by atoms with Crippen LogP contribution in [0.5, 0.6) is 0 Å². The zero-order valence-electron chi connectivity index (χ0n) is 13.9. The van der Waals surface area contributed by atoms with E-state index in [0.717, 1.165) is 0 Å². The number of rotatable bonds is 4. The predicted octanol–water partition coefficient (Wildman–Crippen LogP) is 3.39. The third-order valence-electron chi connectivity index (χ3n) is 5.03. The normalized spacial score (nSPS) is 26.5. The first-order chi connectivity index (χ1) is 12.4. The molecule has 4 nitrogen and oxygen atoms in total. The lowest BCUT2D eigenvalue weighted by Crippen LogP contribution is -2.28. The first-order valence-electron chi connectivity index (χ1n) is 8.38. The molecule has 6 heteroatoms. The van der Waals surface area contributed by atoms with Crippen LogP contribution in [0.2, 0.25) is 0 Å². The number of hydrogen-bond donors (Lipinski definition) is 0. The number of allylic oxidation sites excluding steroid dienone is 2. The van der Waals surface area contributed by atoms with Crippen molar-refractivity contribution >= 4 is 19.7 Å². The molecule has 4 rings (SSSR count). The molecule has 0 N–H and O–H groups in total. The third kappa shape index (κ3) is 2.83. The molecule has 1 fully saturated rings. The maximum Gasteiger partial charge on any atom is 0.199 e. The van der Waals surface area contributed by atoms with E-state index in [1.54, 1.807) is 48.5 Å². The van der Waals surface area contributed by atoms with Crippen LogP contribution in [0.1, 0.15) is 6.42 Å². The molecular weight excluding hydrogens is 368 g/mol. The van der Waals surface area contributed by atoms with E-state index in [1.807, 2.05) is 12.2 Å². The average Bonchev–Trinajstić information content (AvgIpc) is 3.24. The van der Waals surface area contributed by atoms with Gasteiger partial charge in [-0.15, -0.1) is 0 Å². The molecule has 0 unspecified atom stereocenters. The molecule has 1 saturated carbocycles. The highest BCUT2D eigenvalue weighted by atomic mass is 32.2. The fourth-order valence-corrected chi connectivity index (χ4v) is 7.37.